The Labute approximate surface area is 90.9 Å². The van der Waals surface area contributed by atoms with Gasteiger partial charge >= 0.3 is 0 Å². The van der Waals surface area contributed by atoms with Crippen LogP contribution in [0.4, 0.5) is 5.82 Å². The lowest BCUT2D eigenvalue weighted by molar-refractivity contribution is 0.937. The minimum atomic E-state index is 0.978. The van der Waals surface area contributed by atoms with Gasteiger partial charge in [0, 0.05) is 37.6 Å². The van der Waals surface area contributed by atoms with E-state index in [1.165, 1.54) is 17.7 Å². The molecule has 0 N–H and O–H groups in total. The maximum absolute atomic E-state index is 4.46. The van der Waals surface area contributed by atoms with Crippen molar-refractivity contribution in [3.8, 4) is 0 Å². The molecule has 1 aliphatic rings. The average molecular weight is 203 g/mol. The van der Waals surface area contributed by atoms with Gasteiger partial charge in [-0.3, -0.25) is 4.99 Å². The van der Waals surface area contributed by atoms with Crippen molar-refractivity contribution in [1.29, 1.82) is 0 Å². The minimum Gasteiger partial charge on any atom is -0.360 e. The number of anilines is 1. The van der Waals surface area contributed by atoms with Gasteiger partial charge < -0.3 is 4.90 Å². The molecule has 0 spiro atoms. The molecule has 0 aromatic carbocycles. The van der Waals surface area contributed by atoms with E-state index in [1.54, 1.807) is 0 Å². The van der Waals surface area contributed by atoms with Crippen LogP contribution < -0.4 is 4.90 Å². The van der Waals surface area contributed by atoms with Crippen molar-refractivity contribution in [3.63, 3.8) is 0 Å². The molecule has 0 aliphatic carbocycles. The first-order valence-electron chi connectivity index (χ1n) is 5.52. The second-order valence-corrected chi connectivity index (χ2v) is 3.85. The number of hydrogen-bond acceptors (Lipinski definition) is 3. The zero-order chi connectivity index (χ0) is 10.7. The Balaban J connectivity index is 2.16. The highest BCUT2D eigenvalue weighted by Crippen LogP contribution is 2.15. The average Bonchev–Trinajstić information content (AvgIpc) is 2.82. The van der Waals surface area contributed by atoms with Gasteiger partial charge in [-0.25, -0.2) is 4.98 Å². The first-order chi connectivity index (χ1) is 7.31. The Hall–Kier alpha value is -1.38. The van der Waals surface area contributed by atoms with E-state index in [0.29, 0.717) is 0 Å². The van der Waals surface area contributed by atoms with Crippen molar-refractivity contribution in [2.45, 2.75) is 19.8 Å². The predicted molar refractivity (Wildman–Crippen MR) is 63.8 cm³/mol. The summed E-state index contributed by atoms with van der Waals surface area (Å²) in [4.78, 5) is 11.0. The lowest BCUT2D eigenvalue weighted by atomic mass is 10.1. The molecule has 2 heterocycles. The first kappa shape index (κ1) is 10.1. The smallest absolute Gasteiger partial charge is 0.128 e. The lowest BCUT2D eigenvalue weighted by Gasteiger charge is -2.15. The molecule has 0 unspecified atom stereocenters. The summed E-state index contributed by atoms with van der Waals surface area (Å²) in [6.45, 7) is 4.08. The van der Waals surface area contributed by atoms with Crippen LogP contribution in [0.3, 0.4) is 0 Å². The van der Waals surface area contributed by atoms with Crippen LogP contribution in [0.2, 0.25) is 0 Å². The highest BCUT2D eigenvalue weighted by Gasteiger charge is 2.09. The molecule has 2 rings (SSSR count). The van der Waals surface area contributed by atoms with Crippen molar-refractivity contribution < 1.29 is 0 Å². The molecule has 0 atom stereocenters. The van der Waals surface area contributed by atoms with Gasteiger partial charge in [-0.2, -0.15) is 0 Å². The standard InChI is InChI=1S/C12H17N3/c1-3-15(2)12-7-6-10(9-14-12)11-5-4-8-13-11/h6-7,9H,3-5,8H2,1-2H3. The highest BCUT2D eigenvalue weighted by atomic mass is 15.1. The monoisotopic (exact) mass is 203 g/mol. The zero-order valence-electron chi connectivity index (χ0n) is 9.40. The SMILES string of the molecule is CCN(C)c1ccc(C2=NCCC2)cn1. The first-order valence-corrected chi connectivity index (χ1v) is 5.52. The third-order valence-electron chi connectivity index (χ3n) is 2.82. The maximum atomic E-state index is 4.46. The Bertz CT molecular complexity index is 354. The molecule has 0 radical (unpaired) electrons. The molecule has 3 nitrogen and oxygen atoms in total. The summed E-state index contributed by atoms with van der Waals surface area (Å²) in [5.41, 5.74) is 2.40. The fraction of sp³-hybridized carbons (Fsp3) is 0.500. The number of aliphatic imine (C=N–C) groups is 1. The van der Waals surface area contributed by atoms with Gasteiger partial charge in [-0.15, -0.1) is 0 Å². The normalized spacial score (nSPS) is 15.2. The van der Waals surface area contributed by atoms with E-state index in [4.69, 9.17) is 0 Å². The van der Waals surface area contributed by atoms with Gasteiger partial charge in [0.1, 0.15) is 5.82 Å². The summed E-state index contributed by atoms with van der Waals surface area (Å²) in [6, 6.07) is 4.19. The van der Waals surface area contributed by atoms with Gasteiger partial charge in [0.05, 0.1) is 0 Å². The van der Waals surface area contributed by atoms with Crippen LogP contribution in [-0.4, -0.2) is 30.8 Å². The fourth-order valence-corrected chi connectivity index (χ4v) is 1.72. The number of nitrogens with zero attached hydrogens (tertiary/aromatic N) is 3. The van der Waals surface area contributed by atoms with Crippen LogP contribution in [0, 0.1) is 0 Å². The van der Waals surface area contributed by atoms with E-state index in [-0.39, 0.29) is 0 Å². The minimum absolute atomic E-state index is 0.978. The van der Waals surface area contributed by atoms with Crippen molar-refractivity contribution in [2.24, 2.45) is 4.99 Å². The molecule has 0 bridgehead atoms. The summed E-state index contributed by atoms with van der Waals surface area (Å²) >= 11 is 0. The second-order valence-electron chi connectivity index (χ2n) is 3.85. The van der Waals surface area contributed by atoms with E-state index in [9.17, 15) is 0 Å². The van der Waals surface area contributed by atoms with E-state index in [1.807, 2.05) is 6.20 Å². The summed E-state index contributed by atoms with van der Waals surface area (Å²) in [7, 11) is 2.05. The Kier molecular flexibility index (Phi) is 2.99. The quantitative estimate of drug-likeness (QED) is 0.752. The van der Waals surface area contributed by atoms with Crippen LogP contribution >= 0.6 is 0 Å². The largest absolute Gasteiger partial charge is 0.360 e. The number of pyridine rings is 1. The summed E-state index contributed by atoms with van der Waals surface area (Å²) in [6.07, 6.45) is 4.22. The zero-order valence-corrected chi connectivity index (χ0v) is 9.40. The van der Waals surface area contributed by atoms with Crippen molar-refractivity contribution >= 4 is 11.5 Å². The van der Waals surface area contributed by atoms with Gasteiger partial charge in [0.2, 0.25) is 0 Å². The van der Waals surface area contributed by atoms with Crippen LogP contribution in [-0.2, 0) is 0 Å². The molecule has 0 saturated heterocycles. The molecular formula is C12H17N3. The van der Waals surface area contributed by atoms with Crippen LogP contribution in [0.15, 0.2) is 23.3 Å². The van der Waals surface area contributed by atoms with Crippen LogP contribution in [0.5, 0.6) is 0 Å². The summed E-state index contributed by atoms with van der Waals surface area (Å²) in [5, 5.41) is 0. The predicted octanol–water partition coefficient (Wildman–Crippen LogP) is 2.12. The summed E-state index contributed by atoms with van der Waals surface area (Å²) in [5.74, 6) is 1.03. The van der Waals surface area contributed by atoms with Crippen LogP contribution in [0.25, 0.3) is 0 Å². The molecule has 0 amide bonds. The molecule has 0 saturated carbocycles. The van der Waals surface area contributed by atoms with Gasteiger partial charge in [-0.05, 0) is 31.9 Å². The van der Waals surface area contributed by atoms with Crippen LogP contribution in [0.1, 0.15) is 25.3 Å². The Morgan fingerprint density at radius 2 is 2.27 bits per heavy atom. The Morgan fingerprint density at radius 1 is 1.40 bits per heavy atom. The topological polar surface area (TPSA) is 28.5 Å². The molecule has 80 valence electrons. The fourth-order valence-electron chi connectivity index (χ4n) is 1.72. The van der Waals surface area contributed by atoms with Crippen molar-refractivity contribution in [1.82, 2.24) is 4.98 Å². The third-order valence-corrected chi connectivity index (χ3v) is 2.82. The van der Waals surface area contributed by atoms with E-state index < -0.39 is 0 Å². The number of hydrogen-bond donors (Lipinski definition) is 0. The number of aromatic nitrogens is 1. The van der Waals surface area contributed by atoms with Gasteiger partial charge in [0.25, 0.3) is 0 Å². The van der Waals surface area contributed by atoms with Crippen molar-refractivity contribution in [2.75, 3.05) is 25.0 Å². The van der Waals surface area contributed by atoms with Gasteiger partial charge in [-0.1, -0.05) is 0 Å². The summed E-state index contributed by atoms with van der Waals surface area (Å²) < 4.78 is 0. The molecular weight excluding hydrogens is 186 g/mol. The van der Waals surface area contributed by atoms with E-state index in [2.05, 4.69) is 41.0 Å². The third kappa shape index (κ3) is 2.17. The second kappa shape index (κ2) is 4.43. The van der Waals surface area contributed by atoms with E-state index in [0.717, 1.165) is 25.3 Å². The Morgan fingerprint density at radius 3 is 2.80 bits per heavy atom. The van der Waals surface area contributed by atoms with Gasteiger partial charge in [0.15, 0.2) is 0 Å². The van der Waals surface area contributed by atoms with Crippen molar-refractivity contribution in [3.05, 3.63) is 23.9 Å². The molecule has 0 fully saturated rings. The number of rotatable bonds is 3. The molecule has 1 aromatic heterocycles. The van der Waals surface area contributed by atoms with E-state index >= 15 is 0 Å². The molecule has 1 aliphatic heterocycles. The molecule has 3 heteroatoms. The lowest BCUT2D eigenvalue weighted by Crippen LogP contribution is -2.17. The molecule has 15 heavy (non-hydrogen) atoms. The highest BCUT2D eigenvalue weighted by molar-refractivity contribution is 6.01. The molecule has 1 aromatic rings. The maximum Gasteiger partial charge on any atom is 0.128 e.